The Hall–Kier alpha value is -0.510. The van der Waals surface area contributed by atoms with Crippen LogP contribution in [0.4, 0.5) is 0 Å². The Morgan fingerprint density at radius 3 is 2.31 bits per heavy atom. The molecule has 0 bridgehead atoms. The fraction of sp³-hybridized carbons (Fsp3) is 0.714. The average Bonchev–Trinajstić information content (AvgIpc) is 2.25. The van der Waals surface area contributed by atoms with Crippen LogP contribution >= 0.6 is 7.60 Å². The minimum absolute atomic E-state index is 0.272. The summed E-state index contributed by atoms with van der Waals surface area (Å²) in [6.45, 7) is 3.46. The third-order valence-corrected chi connectivity index (χ3v) is 3.53. The Labute approximate surface area is 76.8 Å². The van der Waals surface area contributed by atoms with Gasteiger partial charge in [-0.1, -0.05) is 0 Å². The molecule has 1 heterocycles. The predicted molar refractivity (Wildman–Crippen MR) is 43.8 cm³/mol. The van der Waals surface area contributed by atoms with Crippen LogP contribution in [0.2, 0.25) is 0 Å². The maximum atomic E-state index is 11.6. The van der Waals surface area contributed by atoms with Crippen molar-refractivity contribution in [3.05, 3.63) is 11.8 Å². The van der Waals surface area contributed by atoms with Gasteiger partial charge >= 0.3 is 7.60 Å². The number of methoxy groups -OCH3 is 1. The molecule has 0 aromatic heterocycles. The standard InChI is InChI=1S/C7H13O5P/c1-5-6(2)12-13(9,11-5)4-7(8)10-3/h4-6,8H,1-3H3/p-1/b7-4+. The highest BCUT2D eigenvalue weighted by Gasteiger charge is 2.38. The van der Waals surface area contributed by atoms with E-state index in [-0.39, 0.29) is 12.2 Å². The summed E-state index contributed by atoms with van der Waals surface area (Å²) in [5, 5.41) is 10.8. The second kappa shape index (κ2) is 3.70. The normalized spacial score (nSPS) is 40.7. The minimum atomic E-state index is -3.35. The van der Waals surface area contributed by atoms with Gasteiger partial charge in [0.15, 0.2) is 0 Å². The van der Waals surface area contributed by atoms with Crippen molar-refractivity contribution in [2.45, 2.75) is 26.1 Å². The first-order chi connectivity index (χ1) is 5.97. The first-order valence-electron chi connectivity index (χ1n) is 3.87. The molecule has 1 saturated heterocycles. The van der Waals surface area contributed by atoms with Crippen LogP contribution in [0.5, 0.6) is 0 Å². The minimum Gasteiger partial charge on any atom is -0.616 e. The van der Waals surface area contributed by atoms with E-state index >= 15 is 0 Å². The van der Waals surface area contributed by atoms with Crippen molar-refractivity contribution in [1.29, 1.82) is 0 Å². The smallest absolute Gasteiger partial charge is 0.356 e. The highest BCUT2D eigenvalue weighted by Crippen LogP contribution is 2.57. The van der Waals surface area contributed by atoms with Gasteiger partial charge in [0.2, 0.25) is 0 Å². The molecule has 0 saturated carbocycles. The fourth-order valence-electron chi connectivity index (χ4n) is 0.902. The average molecular weight is 207 g/mol. The van der Waals surface area contributed by atoms with Gasteiger partial charge in [-0.3, -0.25) is 13.6 Å². The van der Waals surface area contributed by atoms with Crippen LogP contribution in [0.1, 0.15) is 13.8 Å². The lowest BCUT2D eigenvalue weighted by Gasteiger charge is -2.11. The molecule has 0 radical (unpaired) electrons. The summed E-state index contributed by atoms with van der Waals surface area (Å²) in [6, 6.07) is 0. The van der Waals surface area contributed by atoms with Gasteiger partial charge in [0.05, 0.1) is 18.2 Å². The molecule has 0 amide bonds. The molecule has 2 atom stereocenters. The second-order valence-corrected chi connectivity index (χ2v) is 4.57. The van der Waals surface area contributed by atoms with Crippen LogP contribution in [0.25, 0.3) is 0 Å². The third kappa shape index (κ3) is 2.46. The third-order valence-electron chi connectivity index (χ3n) is 1.75. The lowest BCUT2D eigenvalue weighted by atomic mass is 10.3. The highest BCUT2D eigenvalue weighted by molar-refractivity contribution is 7.57. The number of hydrogen-bond acceptors (Lipinski definition) is 5. The summed E-state index contributed by atoms with van der Waals surface area (Å²) in [6.07, 6.45) is -0.543. The van der Waals surface area contributed by atoms with Gasteiger partial charge in [-0.15, -0.1) is 0 Å². The van der Waals surface area contributed by atoms with Gasteiger partial charge in [-0.25, -0.2) is 0 Å². The molecule has 0 aromatic rings. The molecular formula is C7H12O5P-. The zero-order valence-corrected chi connectivity index (χ0v) is 8.61. The Balaban J connectivity index is 2.76. The molecule has 0 N–H and O–H groups in total. The van der Waals surface area contributed by atoms with E-state index in [1.807, 2.05) is 0 Å². The Bertz CT molecular complexity index is 248. The van der Waals surface area contributed by atoms with E-state index in [1.54, 1.807) is 13.8 Å². The quantitative estimate of drug-likeness (QED) is 0.495. The van der Waals surface area contributed by atoms with Gasteiger partial charge in [0.25, 0.3) is 0 Å². The number of ether oxygens (including phenoxy) is 1. The van der Waals surface area contributed by atoms with Crippen molar-refractivity contribution in [1.82, 2.24) is 0 Å². The molecular weight excluding hydrogens is 195 g/mol. The van der Waals surface area contributed by atoms with Gasteiger partial charge in [0.1, 0.15) is 0 Å². The summed E-state index contributed by atoms with van der Waals surface area (Å²) >= 11 is 0. The molecule has 1 aliphatic rings. The van der Waals surface area contributed by atoms with E-state index in [0.29, 0.717) is 0 Å². The van der Waals surface area contributed by atoms with Crippen LogP contribution in [0.15, 0.2) is 11.8 Å². The first-order valence-corrected chi connectivity index (χ1v) is 5.48. The summed E-state index contributed by atoms with van der Waals surface area (Å²) in [5.41, 5.74) is 0. The SMILES string of the molecule is CO/C([O-])=C/P1(=O)OC(C)C(C)O1. The summed E-state index contributed by atoms with van der Waals surface area (Å²) in [7, 11) is -2.15. The van der Waals surface area contributed by atoms with Gasteiger partial charge in [-0.2, -0.15) is 0 Å². The lowest BCUT2D eigenvalue weighted by Crippen LogP contribution is -2.13. The first kappa shape index (κ1) is 10.6. The molecule has 1 rings (SSSR count). The molecule has 0 aliphatic carbocycles. The Kier molecular flexibility index (Phi) is 3.01. The van der Waals surface area contributed by atoms with Crippen molar-refractivity contribution in [2.75, 3.05) is 7.11 Å². The predicted octanol–water partition coefficient (Wildman–Crippen LogP) is 0.809. The van der Waals surface area contributed by atoms with Crippen LogP contribution in [-0.2, 0) is 18.3 Å². The van der Waals surface area contributed by atoms with Crippen molar-refractivity contribution in [2.24, 2.45) is 0 Å². The largest absolute Gasteiger partial charge is 0.616 e. The second-order valence-electron chi connectivity index (χ2n) is 2.81. The molecule has 0 aromatic carbocycles. The van der Waals surface area contributed by atoms with E-state index in [4.69, 9.17) is 9.05 Å². The zero-order chi connectivity index (χ0) is 10.1. The monoisotopic (exact) mass is 207 g/mol. The highest BCUT2D eigenvalue weighted by atomic mass is 31.2. The molecule has 13 heavy (non-hydrogen) atoms. The van der Waals surface area contributed by atoms with Crippen LogP contribution in [0, 0.1) is 0 Å². The van der Waals surface area contributed by atoms with Crippen LogP contribution in [0.3, 0.4) is 0 Å². The molecule has 76 valence electrons. The van der Waals surface area contributed by atoms with E-state index in [1.165, 1.54) is 7.11 Å². The molecule has 2 unspecified atom stereocenters. The van der Waals surface area contributed by atoms with E-state index in [0.717, 1.165) is 5.82 Å². The zero-order valence-electron chi connectivity index (χ0n) is 7.72. The molecule has 1 fully saturated rings. The molecule has 0 spiro atoms. The lowest BCUT2D eigenvalue weighted by molar-refractivity contribution is -0.352. The van der Waals surface area contributed by atoms with Crippen molar-refractivity contribution < 1.29 is 23.5 Å². The molecule has 6 heteroatoms. The summed E-state index contributed by atoms with van der Waals surface area (Å²) in [4.78, 5) is 0. The van der Waals surface area contributed by atoms with E-state index < -0.39 is 13.5 Å². The maximum absolute atomic E-state index is 11.6. The van der Waals surface area contributed by atoms with E-state index in [2.05, 4.69) is 4.74 Å². The Morgan fingerprint density at radius 1 is 1.46 bits per heavy atom. The van der Waals surface area contributed by atoms with E-state index in [9.17, 15) is 9.67 Å². The fourth-order valence-corrected chi connectivity index (χ4v) is 2.71. The maximum Gasteiger partial charge on any atom is 0.356 e. The Morgan fingerprint density at radius 2 is 1.92 bits per heavy atom. The van der Waals surface area contributed by atoms with Crippen LogP contribution in [-0.4, -0.2) is 19.3 Å². The van der Waals surface area contributed by atoms with Crippen molar-refractivity contribution in [3.63, 3.8) is 0 Å². The van der Waals surface area contributed by atoms with Crippen molar-refractivity contribution >= 4 is 7.60 Å². The molecule has 5 nitrogen and oxygen atoms in total. The number of rotatable bonds is 2. The van der Waals surface area contributed by atoms with Crippen LogP contribution < -0.4 is 5.11 Å². The summed E-state index contributed by atoms with van der Waals surface area (Å²) in [5.74, 6) is 0.150. The van der Waals surface area contributed by atoms with Gasteiger partial charge in [-0.05, 0) is 21.0 Å². The summed E-state index contributed by atoms with van der Waals surface area (Å²) < 4.78 is 25.9. The van der Waals surface area contributed by atoms with Gasteiger partial charge < -0.3 is 9.84 Å². The number of hydrogen-bond donors (Lipinski definition) is 0. The van der Waals surface area contributed by atoms with Gasteiger partial charge in [0, 0.05) is 5.82 Å². The van der Waals surface area contributed by atoms with Crippen molar-refractivity contribution in [3.8, 4) is 0 Å². The topological polar surface area (TPSA) is 67.8 Å². The molecule has 1 aliphatic heterocycles.